The standard InChI is InChI=1S/C14H26N2S/c1-4-7-14(15-5-2)13-8-10-16(12-13)9-6-11-17-3/h8,10,12,14-15H,4-7,9,11H2,1-3H3. The second kappa shape index (κ2) is 8.65. The largest absolute Gasteiger partial charge is 0.354 e. The van der Waals surface area contributed by atoms with E-state index in [9.17, 15) is 0 Å². The van der Waals surface area contributed by atoms with Gasteiger partial charge in [-0.25, -0.2) is 0 Å². The van der Waals surface area contributed by atoms with Gasteiger partial charge in [0.2, 0.25) is 0 Å². The van der Waals surface area contributed by atoms with Gasteiger partial charge < -0.3 is 9.88 Å². The third kappa shape index (κ3) is 5.17. The first-order valence-corrected chi connectivity index (χ1v) is 8.09. The van der Waals surface area contributed by atoms with Crippen LogP contribution in [0.15, 0.2) is 18.5 Å². The van der Waals surface area contributed by atoms with E-state index in [2.05, 4.69) is 48.4 Å². The van der Waals surface area contributed by atoms with Crippen molar-refractivity contribution in [2.24, 2.45) is 0 Å². The molecule has 0 saturated heterocycles. The summed E-state index contributed by atoms with van der Waals surface area (Å²) in [6.07, 6.45) is 10.4. The Morgan fingerprint density at radius 3 is 2.88 bits per heavy atom. The Balaban J connectivity index is 2.51. The smallest absolute Gasteiger partial charge is 0.0335 e. The molecule has 0 saturated carbocycles. The fourth-order valence-electron chi connectivity index (χ4n) is 2.12. The zero-order valence-corrected chi connectivity index (χ0v) is 12.2. The molecular formula is C14H26N2S. The molecule has 0 aliphatic heterocycles. The average molecular weight is 254 g/mol. The van der Waals surface area contributed by atoms with E-state index in [1.54, 1.807) is 0 Å². The molecular weight excluding hydrogens is 228 g/mol. The lowest BCUT2D eigenvalue weighted by Crippen LogP contribution is -2.20. The first-order valence-electron chi connectivity index (χ1n) is 6.69. The van der Waals surface area contributed by atoms with E-state index in [1.807, 2.05) is 11.8 Å². The zero-order valence-electron chi connectivity index (χ0n) is 11.4. The van der Waals surface area contributed by atoms with E-state index >= 15 is 0 Å². The van der Waals surface area contributed by atoms with Crippen molar-refractivity contribution < 1.29 is 0 Å². The topological polar surface area (TPSA) is 17.0 Å². The molecule has 0 aromatic carbocycles. The fraction of sp³-hybridized carbons (Fsp3) is 0.714. The maximum absolute atomic E-state index is 3.56. The van der Waals surface area contributed by atoms with E-state index in [0.29, 0.717) is 6.04 Å². The van der Waals surface area contributed by atoms with Gasteiger partial charge >= 0.3 is 0 Å². The minimum absolute atomic E-state index is 0.534. The van der Waals surface area contributed by atoms with Gasteiger partial charge in [0.15, 0.2) is 0 Å². The summed E-state index contributed by atoms with van der Waals surface area (Å²) < 4.78 is 2.32. The molecule has 0 amide bonds. The number of nitrogens with zero attached hydrogens (tertiary/aromatic N) is 1. The average Bonchev–Trinajstić information content (AvgIpc) is 2.78. The third-order valence-corrected chi connectivity index (χ3v) is 3.67. The van der Waals surface area contributed by atoms with Crippen molar-refractivity contribution in [1.29, 1.82) is 0 Å². The van der Waals surface area contributed by atoms with Crippen LogP contribution >= 0.6 is 11.8 Å². The van der Waals surface area contributed by atoms with Crippen molar-refractivity contribution in [3.05, 3.63) is 24.0 Å². The minimum atomic E-state index is 0.534. The van der Waals surface area contributed by atoms with Crippen molar-refractivity contribution in [1.82, 2.24) is 9.88 Å². The number of thioether (sulfide) groups is 1. The van der Waals surface area contributed by atoms with Gasteiger partial charge in [0.05, 0.1) is 0 Å². The molecule has 1 N–H and O–H groups in total. The van der Waals surface area contributed by atoms with E-state index < -0.39 is 0 Å². The van der Waals surface area contributed by atoms with Gasteiger partial charge in [0.1, 0.15) is 0 Å². The third-order valence-electron chi connectivity index (χ3n) is 2.97. The highest BCUT2D eigenvalue weighted by molar-refractivity contribution is 7.98. The highest BCUT2D eigenvalue weighted by Crippen LogP contribution is 2.19. The molecule has 17 heavy (non-hydrogen) atoms. The zero-order chi connectivity index (χ0) is 12.5. The Morgan fingerprint density at radius 1 is 1.41 bits per heavy atom. The van der Waals surface area contributed by atoms with Gasteiger partial charge in [-0.15, -0.1) is 0 Å². The van der Waals surface area contributed by atoms with E-state index in [1.165, 1.54) is 30.6 Å². The van der Waals surface area contributed by atoms with Crippen LogP contribution in [0.3, 0.4) is 0 Å². The number of aromatic nitrogens is 1. The first-order chi connectivity index (χ1) is 8.31. The lowest BCUT2D eigenvalue weighted by molar-refractivity contribution is 0.508. The molecule has 0 bridgehead atoms. The summed E-state index contributed by atoms with van der Waals surface area (Å²) in [6.45, 7) is 6.62. The van der Waals surface area contributed by atoms with Gasteiger partial charge in [-0.1, -0.05) is 20.3 Å². The molecule has 1 atom stereocenters. The molecule has 0 aliphatic carbocycles. The molecule has 1 aromatic heterocycles. The maximum atomic E-state index is 3.56. The van der Waals surface area contributed by atoms with E-state index in [-0.39, 0.29) is 0 Å². The molecule has 1 unspecified atom stereocenters. The second-order valence-corrected chi connectivity index (χ2v) is 5.41. The fourth-order valence-corrected chi connectivity index (χ4v) is 2.54. The van der Waals surface area contributed by atoms with Gasteiger partial charge in [-0.3, -0.25) is 0 Å². The number of aryl methyl sites for hydroxylation is 1. The van der Waals surface area contributed by atoms with Crippen LogP contribution in [0.4, 0.5) is 0 Å². The van der Waals surface area contributed by atoms with Gasteiger partial charge in [0.25, 0.3) is 0 Å². The number of hydrogen-bond donors (Lipinski definition) is 1. The summed E-state index contributed by atoms with van der Waals surface area (Å²) in [6, 6.07) is 2.80. The van der Waals surface area contributed by atoms with Gasteiger partial charge in [0, 0.05) is 25.0 Å². The molecule has 2 nitrogen and oxygen atoms in total. The molecule has 1 aromatic rings. The summed E-state index contributed by atoms with van der Waals surface area (Å²) in [4.78, 5) is 0. The summed E-state index contributed by atoms with van der Waals surface area (Å²) in [5.74, 6) is 1.25. The van der Waals surface area contributed by atoms with E-state index in [4.69, 9.17) is 0 Å². The molecule has 1 rings (SSSR count). The highest BCUT2D eigenvalue weighted by Gasteiger charge is 2.09. The molecule has 0 aliphatic rings. The normalized spacial score (nSPS) is 12.9. The van der Waals surface area contributed by atoms with Crippen molar-refractivity contribution in [2.45, 2.75) is 45.7 Å². The summed E-state index contributed by atoms with van der Waals surface area (Å²) in [5.41, 5.74) is 1.44. The monoisotopic (exact) mass is 254 g/mol. The summed E-state index contributed by atoms with van der Waals surface area (Å²) >= 11 is 1.92. The SMILES string of the molecule is CCCC(NCC)c1ccn(CCCSC)c1. The molecule has 98 valence electrons. The number of rotatable bonds is 9. The number of nitrogens with one attached hydrogen (secondary N) is 1. The summed E-state index contributed by atoms with van der Waals surface area (Å²) in [5, 5.41) is 3.56. The highest BCUT2D eigenvalue weighted by atomic mass is 32.2. The lowest BCUT2D eigenvalue weighted by atomic mass is 10.1. The predicted octanol–water partition coefficient (Wildman–Crippen LogP) is 3.69. The minimum Gasteiger partial charge on any atom is -0.354 e. The Labute approximate surface area is 110 Å². The van der Waals surface area contributed by atoms with Crippen LogP contribution in [0.1, 0.15) is 44.7 Å². The van der Waals surface area contributed by atoms with Crippen LogP contribution in [-0.4, -0.2) is 23.1 Å². The first kappa shape index (κ1) is 14.7. The Kier molecular flexibility index (Phi) is 7.45. The van der Waals surface area contributed by atoms with Crippen molar-refractivity contribution in [2.75, 3.05) is 18.6 Å². The maximum Gasteiger partial charge on any atom is 0.0335 e. The Bertz CT molecular complexity index is 290. The van der Waals surface area contributed by atoms with Crippen LogP contribution in [0.25, 0.3) is 0 Å². The van der Waals surface area contributed by atoms with E-state index in [0.717, 1.165) is 13.1 Å². The van der Waals surface area contributed by atoms with Gasteiger partial charge in [-0.2, -0.15) is 11.8 Å². The van der Waals surface area contributed by atoms with Crippen LogP contribution in [0.2, 0.25) is 0 Å². The molecule has 0 fully saturated rings. The quantitative estimate of drug-likeness (QED) is 0.677. The van der Waals surface area contributed by atoms with Crippen LogP contribution in [0, 0.1) is 0 Å². The summed E-state index contributed by atoms with van der Waals surface area (Å²) in [7, 11) is 0. The molecule has 1 heterocycles. The Morgan fingerprint density at radius 2 is 2.24 bits per heavy atom. The van der Waals surface area contributed by atoms with Crippen LogP contribution < -0.4 is 5.32 Å². The predicted molar refractivity (Wildman–Crippen MR) is 78.8 cm³/mol. The van der Waals surface area contributed by atoms with Gasteiger partial charge in [-0.05, 0) is 43.0 Å². The van der Waals surface area contributed by atoms with Crippen LogP contribution in [-0.2, 0) is 6.54 Å². The molecule has 0 spiro atoms. The number of hydrogen-bond acceptors (Lipinski definition) is 2. The molecule has 3 heteroatoms. The van der Waals surface area contributed by atoms with Crippen molar-refractivity contribution >= 4 is 11.8 Å². The van der Waals surface area contributed by atoms with Crippen molar-refractivity contribution in [3.63, 3.8) is 0 Å². The van der Waals surface area contributed by atoms with Crippen molar-refractivity contribution in [3.8, 4) is 0 Å². The second-order valence-electron chi connectivity index (χ2n) is 4.43. The van der Waals surface area contributed by atoms with Crippen LogP contribution in [0.5, 0.6) is 0 Å². The lowest BCUT2D eigenvalue weighted by Gasteiger charge is -2.15. The Hall–Kier alpha value is -0.410. The molecule has 0 radical (unpaired) electrons.